The van der Waals surface area contributed by atoms with Crippen molar-refractivity contribution in [1.82, 2.24) is 0 Å². The number of anilines is 1. The smallest absolute Gasteiger partial charge is 0.198 e. The van der Waals surface area contributed by atoms with E-state index >= 15 is 0 Å². The number of nitrogen functional groups attached to an aromatic ring is 1. The van der Waals surface area contributed by atoms with E-state index in [1.165, 1.54) is 6.07 Å². The monoisotopic (exact) mass is 401 g/mol. The van der Waals surface area contributed by atoms with Crippen molar-refractivity contribution >= 4 is 17.3 Å². The number of ether oxygens (including phenoxy) is 1. The third-order valence-electron chi connectivity index (χ3n) is 5.44. The van der Waals surface area contributed by atoms with E-state index in [2.05, 4.69) is 20.8 Å². The minimum absolute atomic E-state index is 0.00736. The summed E-state index contributed by atoms with van der Waals surface area (Å²) in [5.74, 6) is -0.464. The lowest BCUT2D eigenvalue weighted by Gasteiger charge is -2.23. The van der Waals surface area contributed by atoms with Crippen LogP contribution in [0.5, 0.6) is 17.2 Å². The van der Waals surface area contributed by atoms with E-state index in [1.807, 2.05) is 25.1 Å². The van der Waals surface area contributed by atoms with Crippen molar-refractivity contribution in [2.45, 2.75) is 33.1 Å². The van der Waals surface area contributed by atoms with Gasteiger partial charge in [0.05, 0.1) is 16.8 Å². The van der Waals surface area contributed by atoms with Crippen molar-refractivity contribution in [3.63, 3.8) is 0 Å². The number of rotatable bonds is 2. The zero-order chi connectivity index (χ0) is 21.8. The van der Waals surface area contributed by atoms with E-state index in [1.54, 1.807) is 24.3 Å². The third-order valence-corrected chi connectivity index (χ3v) is 5.44. The van der Waals surface area contributed by atoms with E-state index < -0.39 is 11.6 Å². The van der Waals surface area contributed by atoms with Crippen molar-refractivity contribution in [1.29, 1.82) is 0 Å². The molecule has 0 saturated carbocycles. The molecule has 3 N–H and O–H groups in total. The summed E-state index contributed by atoms with van der Waals surface area (Å²) in [5.41, 5.74) is 8.78. The van der Waals surface area contributed by atoms with Gasteiger partial charge in [0.25, 0.3) is 0 Å². The van der Waals surface area contributed by atoms with Crippen LogP contribution in [0, 0.1) is 6.92 Å². The predicted octanol–water partition coefficient (Wildman–Crippen LogP) is 5.15. The number of benzene rings is 3. The maximum Gasteiger partial charge on any atom is 0.198 e. The van der Waals surface area contributed by atoms with Gasteiger partial charge < -0.3 is 15.6 Å². The topological polar surface area (TPSA) is 89.6 Å². The standard InChI is InChI=1S/C25H23NO4/c1-13-11-14(25(2,3)4)9-10-18(13)30-19-12-17(27)20-21(22(19)26)24(29)16-8-6-5-7-15(16)23(20)28/h5-12,27H,26H2,1-4H3. The number of carbonyl (C=O) groups is 2. The second kappa shape index (κ2) is 6.73. The molecule has 5 nitrogen and oxygen atoms in total. The number of phenols is 1. The average Bonchev–Trinajstić information content (AvgIpc) is 2.69. The number of aromatic hydroxyl groups is 1. The third kappa shape index (κ3) is 3.03. The highest BCUT2D eigenvalue weighted by molar-refractivity contribution is 6.31. The van der Waals surface area contributed by atoms with Gasteiger partial charge in [-0.25, -0.2) is 0 Å². The lowest BCUT2D eigenvalue weighted by atomic mass is 9.82. The van der Waals surface area contributed by atoms with Crippen LogP contribution in [0.4, 0.5) is 5.69 Å². The van der Waals surface area contributed by atoms with Gasteiger partial charge >= 0.3 is 0 Å². The minimum atomic E-state index is -0.429. The summed E-state index contributed by atoms with van der Waals surface area (Å²) in [6.45, 7) is 8.30. The summed E-state index contributed by atoms with van der Waals surface area (Å²) in [5, 5.41) is 10.6. The second-order valence-corrected chi connectivity index (χ2v) is 8.59. The van der Waals surface area contributed by atoms with Crippen LogP contribution >= 0.6 is 0 Å². The maximum absolute atomic E-state index is 13.1. The molecule has 0 unspecified atom stereocenters. The van der Waals surface area contributed by atoms with Crippen molar-refractivity contribution in [3.8, 4) is 17.2 Å². The first-order valence-electron chi connectivity index (χ1n) is 9.72. The van der Waals surface area contributed by atoms with E-state index in [9.17, 15) is 14.7 Å². The van der Waals surface area contributed by atoms with Gasteiger partial charge in [0.2, 0.25) is 0 Å². The van der Waals surface area contributed by atoms with Crippen molar-refractivity contribution in [2.75, 3.05) is 5.73 Å². The molecule has 0 saturated heterocycles. The number of ketones is 2. The highest BCUT2D eigenvalue weighted by atomic mass is 16.5. The number of carbonyl (C=O) groups excluding carboxylic acids is 2. The molecular formula is C25H23NO4. The average molecular weight is 401 g/mol. The molecule has 4 rings (SSSR count). The molecule has 0 atom stereocenters. The summed E-state index contributed by atoms with van der Waals surface area (Å²) in [4.78, 5) is 25.9. The molecule has 3 aromatic carbocycles. The van der Waals surface area contributed by atoms with Crippen molar-refractivity contribution < 1.29 is 19.4 Å². The Morgan fingerprint density at radius 1 is 0.867 bits per heavy atom. The van der Waals surface area contributed by atoms with Gasteiger partial charge in [0.1, 0.15) is 11.5 Å². The number of nitrogens with two attached hydrogens (primary N) is 1. The van der Waals surface area contributed by atoms with Gasteiger partial charge in [-0.15, -0.1) is 0 Å². The normalized spacial score (nSPS) is 13.1. The zero-order valence-electron chi connectivity index (χ0n) is 17.4. The number of hydrogen-bond acceptors (Lipinski definition) is 5. The fourth-order valence-corrected chi connectivity index (χ4v) is 3.71. The molecule has 0 spiro atoms. The van der Waals surface area contributed by atoms with Crippen LogP contribution in [0.15, 0.2) is 48.5 Å². The van der Waals surface area contributed by atoms with E-state index in [0.29, 0.717) is 5.75 Å². The van der Waals surface area contributed by atoms with Crippen LogP contribution < -0.4 is 10.5 Å². The van der Waals surface area contributed by atoms with Crippen LogP contribution in [0.3, 0.4) is 0 Å². The van der Waals surface area contributed by atoms with E-state index in [4.69, 9.17) is 10.5 Å². The van der Waals surface area contributed by atoms with E-state index in [0.717, 1.165) is 11.1 Å². The first kappa shape index (κ1) is 19.7. The van der Waals surface area contributed by atoms with Crippen LogP contribution in [0.1, 0.15) is 63.7 Å². The Labute approximate surface area is 175 Å². The number of aryl methyl sites for hydroxylation is 1. The summed E-state index contributed by atoms with van der Waals surface area (Å²) in [6.07, 6.45) is 0. The molecule has 5 heteroatoms. The highest BCUT2D eigenvalue weighted by Crippen LogP contribution is 2.43. The van der Waals surface area contributed by atoms with Gasteiger partial charge in [-0.05, 0) is 29.5 Å². The number of phenolic OH excluding ortho intramolecular Hbond substituents is 1. The summed E-state index contributed by atoms with van der Waals surface area (Å²) in [6, 6.07) is 13.7. The quantitative estimate of drug-likeness (QED) is 0.358. The Hall–Kier alpha value is -3.60. The van der Waals surface area contributed by atoms with Crippen LogP contribution in [-0.2, 0) is 5.41 Å². The van der Waals surface area contributed by atoms with Crippen LogP contribution in [0.2, 0.25) is 0 Å². The molecule has 0 aliphatic heterocycles. The Bertz CT molecular complexity index is 1220. The molecule has 1 aliphatic carbocycles. The molecule has 0 aromatic heterocycles. The Morgan fingerprint density at radius 2 is 1.47 bits per heavy atom. The summed E-state index contributed by atoms with van der Waals surface area (Å²) < 4.78 is 5.98. The zero-order valence-corrected chi connectivity index (χ0v) is 17.4. The molecule has 0 fully saturated rings. The fourth-order valence-electron chi connectivity index (χ4n) is 3.71. The number of hydrogen-bond donors (Lipinski definition) is 2. The Balaban J connectivity index is 1.81. The molecule has 0 heterocycles. The molecule has 0 amide bonds. The molecule has 0 bridgehead atoms. The lowest BCUT2D eigenvalue weighted by molar-refractivity contribution is 0.0977. The van der Waals surface area contributed by atoms with Crippen molar-refractivity contribution in [3.05, 3.63) is 81.9 Å². The predicted molar refractivity (Wildman–Crippen MR) is 116 cm³/mol. The summed E-state index contributed by atoms with van der Waals surface area (Å²) in [7, 11) is 0. The van der Waals surface area contributed by atoms with Gasteiger partial charge in [0, 0.05) is 17.2 Å². The Kier molecular flexibility index (Phi) is 4.42. The fraction of sp³-hybridized carbons (Fsp3) is 0.200. The SMILES string of the molecule is Cc1cc(C(C)(C)C)ccc1Oc1cc(O)c2c(c1N)C(=O)c1ccccc1C2=O. The highest BCUT2D eigenvalue weighted by Gasteiger charge is 2.35. The van der Waals surface area contributed by atoms with Gasteiger partial charge in [-0.1, -0.05) is 57.2 Å². The lowest BCUT2D eigenvalue weighted by Crippen LogP contribution is -2.22. The first-order valence-corrected chi connectivity index (χ1v) is 9.72. The Morgan fingerprint density at radius 3 is 2.03 bits per heavy atom. The molecule has 30 heavy (non-hydrogen) atoms. The largest absolute Gasteiger partial charge is 0.507 e. The van der Waals surface area contributed by atoms with Gasteiger partial charge in [-0.3, -0.25) is 9.59 Å². The molecule has 0 radical (unpaired) electrons. The molecule has 1 aliphatic rings. The number of fused-ring (bicyclic) bond motifs is 2. The van der Waals surface area contributed by atoms with Crippen LogP contribution in [0.25, 0.3) is 0 Å². The second-order valence-electron chi connectivity index (χ2n) is 8.59. The van der Waals surface area contributed by atoms with Gasteiger partial charge in [0.15, 0.2) is 17.3 Å². The minimum Gasteiger partial charge on any atom is -0.507 e. The molecule has 3 aromatic rings. The molecule has 152 valence electrons. The first-order chi connectivity index (χ1) is 14.1. The van der Waals surface area contributed by atoms with E-state index in [-0.39, 0.29) is 44.9 Å². The van der Waals surface area contributed by atoms with Gasteiger partial charge in [-0.2, -0.15) is 0 Å². The van der Waals surface area contributed by atoms with Crippen molar-refractivity contribution in [2.24, 2.45) is 0 Å². The maximum atomic E-state index is 13.1. The van der Waals surface area contributed by atoms with Crippen LogP contribution in [-0.4, -0.2) is 16.7 Å². The molecular weight excluding hydrogens is 378 g/mol. The summed E-state index contributed by atoms with van der Waals surface area (Å²) >= 11 is 0.